The van der Waals surface area contributed by atoms with Crippen molar-refractivity contribution in [1.29, 1.82) is 0 Å². The van der Waals surface area contributed by atoms with Gasteiger partial charge in [0.2, 0.25) is 5.24 Å². The van der Waals surface area contributed by atoms with E-state index in [2.05, 4.69) is 25.7 Å². The second kappa shape index (κ2) is 3.71. The van der Waals surface area contributed by atoms with Crippen molar-refractivity contribution < 1.29 is 4.79 Å². The summed E-state index contributed by atoms with van der Waals surface area (Å²) < 4.78 is 0. The number of rotatable bonds is 2. The molecule has 2 fully saturated rings. The summed E-state index contributed by atoms with van der Waals surface area (Å²) in [6, 6.07) is 0.425. The van der Waals surface area contributed by atoms with Crippen LogP contribution in [0.1, 0.15) is 47.0 Å². The molecular weight excluding hydrogens is 222 g/mol. The summed E-state index contributed by atoms with van der Waals surface area (Å²) in [6.07, 6.45) is 3.68. The first kappa shape index (κ1) is 12.4. The Morgan fingerprint density at radius 1 is 1.38 bits per heavy atom. The molecule has 3 heteroatoms. The normalized spacial score (nSPS) is 39.7. The number of carbonyl (C=O) groups is 1. The van der Waals surface area contributed by atoms with Gasteiger partial charge in [0, 0.05) is 12.6 Å². The zero-order valence-electron chi connectivity index (χ0n) is 10.7. The summed E-state index contributed by atoms with van der Waals surface area (Å²) in [5.41, 5.74) is 0.786. The van der Waals surface area contributed by atoms with Crippen LogP contribution in [0.2, 0.25) is 0 Å². The van der Waals surface area contributed by atoms with Crippen molar-refractivity contribution in [3.8, 4) is 0 Å². The van der Waals surface area contributed by atoms with Gasteiger partial charge in [-0.15, -0.1) is 0 Å². The average Bonchev–Trinajstić information content (AvgIpc) is 2.33. The van der Waals surface area contributed by atoms with Gasteiger partial charge in [0.05, 0.1) is 6.04 Å². The Bertz CT molecular complexity index is 315. The van der Waals surface area contributed by atoms with Gasteiger partial charge < -0.3 is 0 Å². The number of carbonyl (C=O) groups excluding carboxylic acids is 1. The van der Waals surface area contributed by atoms with E-state index in [9.17, 15) is 4.79 Å². The second-order valence-corrected chi connectivity index (χ2v) is 7.24. The molecule has 1 aliphatic heterocycles. The van der Waals surface area contributed by atoms with Gasteiger partial charge in [0.1, 0.15) is 0 Å². The number of halogens is 1. The molecule has 0 spiro atoms. The molecule has 2 rings (SSSR count). The average molecular weight is 244 g/mol. The summed E-state index contributed by atoms with van der Waals surface area (Å²) in [6.45, 7) is 10.0. The number of likely N-dealkylation sites (tertiary alicyclic amines) is 1. The Balaban J connectivity index is 2.19. The molecule has 2 nitrogen and oxygen atoms in total. The number of hydrogen-bond acceptors (Lipinski definition) is 2. The van der Waals surface area contributed by atoms with Crippen molar-refractivity contribution in [2.75, 3.05) is 6.54 Å². The molecule has 2 aliphatic rings. The molecule has 92 valence electrons. The zero-order valence-corrected chi connectivity index (χ0v) is 11.5. The van der Waals surface area contributed by atoms with E-state index in [1.165, 1.54) is 19.3 Å². The summed E-state index contributed by atoms with van der Waals surface area (Å²) in [4.78, 5) is 13.6. The zero-order chi connectivity index (χ0) is 12.1. The van der Waals surface area contributed by atoms with E-state index in [0.29, 0.717) is 16.9 Å². The fraction of sp³-hybridized carbons (Fsp3) is 0.923. The van der Waals surface area contributed by atoms with Crippen LogP contribution in [-0.4, -0.2) is 28.8 Å². The Kier molecular flexibility index (Phi) is 2.87. The monoisotopic (exact) mass is 243 g/mol. The van der Waals surface area contributed by atoms with E-state index in [0.717, 1.165) is 6.54 Å². The topological polar surface area (TPSA) is 20.3 Å². The van der Waals surface area contributed by atoms with Crippen LogP contribution in [0.4, 0.5) is 0 Å². The van der Waals surface area contributed by atoms with Crippen molar-refractivity contribution in [2.24, 2.45) is 10.8 Å². The highest BCUT2D eigenvalue weighted by atomic mass is 35.5. The van der Waals surface area contributed by atoms with Crippen molar-refractivity contribution in [3.63, 3.8) is 0 Å². The van der Waals surface area contributed by atoms with E-state index in [1.807, 2.05) is 6.92 Å². The first-order valence-corrected chi connectivity index (χ1v) is 6.55. The quantitative estimate of drug-likeness (QED) is 0.695. The Labute approximate surface area is 103 Å². The largest absolute Gasteiger partial charge is 0.289 e. The minimum atomic E-state index is -0.214. The maximum atomic E-state index is 11.3. The van der Waals surface area contributed by atoms with Crippen molar-refractivity contribution in [1.82, 2.24) is 4.90 Å². The highest BCUT2D eigenvalue weighted by Gasteiger charge is 2.51. The maximum Gasteiger partial charge on any atom is 0.238 e. The molecule has 0 aromatic carbocycles. The molecule has 0 radical (unpaired) electrons. The summed E-state index contributed by atoms with van der Waals surface area (Å²) in [5.74, 6) is 0. The molecule has 1 saturated heterocycles. The van der Waals surface area contributed by atoms with Crippen LogP contribution in [0.25, 0.3) is 0 Å². The number of hydrogen-bond donors (Lipinski definition) is 0. The standard InChI is InChI=1S/C13H22ClNO/c1-9(11(14)16)15-8-13(4)6-10(15)5-12(2,3)7-13/h9-10H,5-8H2,1-4H3. The molecular formula is C13H22ClNO. The van der Waals surface area contributed by atoms with E-state index < -0.39 is 0 Å². The third kappa shape index (κ3) is 2.14. The van der Waals surface area contributed by atoms with Gasteiger partial charge in [-0.25, -0.2) is 0 Å². The lowest BCUT2D eigenvalue weighted by Crippen LogP contribution is -2.41. The van der Waals surface area contributed by atoms with E-state index in [1.54, 1.807) is 0 Å². The van der Waals surface area contributed by atoms with Gasteiger partial charge in [0.15, 0.2) is 0 Å². The van der Waals surface area contributed by atoms with E-state index >= 15 is 0 Å². The van der Waals surface area contributed by atoms with Gasteiger partial charge in [-0.1, -0.05) is 20.8 Å². The summed E-state index contributed by atoms with van der Waals surface area (Å²) in [5, 5.41) is -0.214. The molecule has 3 atom stereocenters. The highest BCUT2D eigenvalue weighted by Crippen LogP contribution is 2.52. The first-order chi connectivity index (χ1) is 7.22. The molecule has 16 heavy (non-hydrogen) atoms. The third-order valence-electron chi connectivity index (χ3n) is 4.28. The lowest BCUT2D eigenvalue weighted by atomic mass is 9.65. The van der Waals surface area contributed by atoms with Crippen LogP contribution < -0.4 is 0 Å². The predicted molar refractivity (Wildman–Crippen MR) is 66.6 cm³/mol. The molecule has 1 heterocycles. The smallest absolute Gasteiger partial charge is 0.238 e. The van der Waals surface area contributed by atoms with Gasteiger partial charge in [-0.2, -0.15) is 0 Å². The molecule has 1 saturated carbocycles. The van der Waals surface area contributed by atoms with Crippen LogP contribution in [0, 0.1) is 10.8 Å². The third-order valence-corrected chi connectivity index (χ3v) is 4.60. The number of fused-ring (bicyclic) bond motifs is 2. The fourth-order valence-electron chi connectivity index (χ4n) is 4.09. The van der Waals surface area contributed by atoms with Crippen molar-refractivity contribution >= 4 is 16.8 Å². The van der Waals surface area contributed by atoms with Crippen LogP contribution >= 0.6 is 11.6 Å². The van der Waals surface area contributed by atoms with Crippen LogP contribution in [0.5, 0.6) is 0 Å². The Morgan fingerprint density at radius 2 is 2.00 bits per heavy atom. The van der Waals surface area contributed by atoms with Crippen molar-refractivity contribution in [2.45, 2.75) is 59.0 Å². The fourth-order valence-corrected chi connectivity index (χ4v) is 4.21. The lowest BCUT2D eigenvalue weighted by molar-refractivity contribution is -0.116. The van der Waals surface area contributed by atoms with Crippen molar-refractivity contribution in [3.05, 3.63) is 0 Å². The molecule has 1 aliphatic carbocycles. The highest BCUT2D eigenvalue weighted by molar-refractivity contribution is 6.64. The predicted octanol–water partition coefficient (Wildman–Crippen LogP) is 3.04. The first-order valence-electron chi connectivity index (χ1n) is 6.18. The van der Waals surface area contributed by atoms with E-state index in [4.69, 9.17) is 11.6 Å². The van der Waals surface area contributed by atoms with Crippen LogP contribution in [0.3, 0.4) is 0 Å². The molecule has 0 N–H and O–H groups in total. The van der Waals surface area contributed by atoms with Gasteiger partial charge >= 0.3 is 0 Å². The lowest BCUT2D eigenvalue weighted by Gasteiger charge is -2.40. The second-order valence-electron chi connectivity index (χ2n) is 6.87. The number of nitrogens with zero attached hydrogens (tertiary/aromatic N) is 1. The molecule has 0 aromatic heterocycles. The Morgan fingerprint density at radius 3 is 2.56 bits per heavy atom. The van der Waals surface area contributed by atoms with E-state index in [-0.39, 0.29) is 11.3 Å². The van der Waals surface area contributed by atoms with Gasteiger partial charge in [-0.05, 0) is 48.6 Å². The van der Waals surface area contributed by atoms with Crippen LogP contribution in [0.15, 0.2) is 0 Å². The summed E-state index contributed by atoms with van der Waals surface area (Å²) >= 11 is 5.63. The Hall–Kier alpha value is -0.0800. The minimum Gasteiger partial charge on any atom is -0.289 e. The molecule has 0 aromatic rings. The van der Waals surface area contributed by atoms with Gasteiger partial charge in [-0.3, -0.25) is 9.69 Å². The SMILES string of the molecule is CC(C(=O)Cl)N1CC2(C)CC1CC(C)(C)C2. The molecule has 0 amide bonds. The maximum absolute atomic E-state index is 11.3. The van der Waals surface area contributed by atoms with Crippen LogP contribution in [-0.2, 0) is 4.79 Å². The summed E-state index contributed by atoms with van der Waals surface area (Å²) in [7, 11) is 0. The minimum absolute atomic E-state index is 0.123. The molecule has 2 bridgehead atoms. The van der Waals surface area contributed by atoms with Gasteiger partial charge in [0.25, 0.3) is 0 Å². The molecule has 3 unspecified atom stereocenters.